The number of hydrogen-bond donors (Lipinski definition) is 2. The van der Waals surface area contributed by atoms with Gasteiger partial charge in [0.25, 0.3) is 5.69 Å². The standard InChI is InChI=1S/C23H14F3NO6/c24-23(25,26)17-9-7-16(8-10-17)22(20(29)19(28)21(30)33-22)15-5-1-13(2-6-15)14-3-11-18(12-4-14)27(31)32/h1-12,28-29H. The molecule has 1 unspecified atom stereocenters. The number of hydrogen-bond acceptors (Lipinski definition) is 6. The SMILES string of the molecule is O=C1OC(c2ccc(-c3ccc([N+](=O)[O-])cc3)cc2)(c2ccc(C(F)(F)F)cc2)C(O)=C1O. The molecular weight excluding hydrogens is 443 g/mol. The van der Waals surface area contributed by atoms with E-state index in [9.17, 15) is 38.3 Å². The van der Waals surface area contributed by atoms with Crippen LogP contribution in [0.5, 0.6) is 0 Å². The van der Waals surface area contributed by atoms with Crippen LogP contribution in [0.4, 0.5) is 18.9 Å². The Morgan fingerprint density at radius 2 is 1.27 bits per heavy atom. The third kappa shape index (κ3) is 3.65. The first-order chi connectivity index (χ1) is 15.5. The second-order valence-electron chi connectivity index (χ2n) is 7.22. The Morgan fingerprint density at radius 1 is 0.818 bits per heavy atom. The highest BCUT2D eigenvalue weighted by atomic mass is 19.4. The summed E-state index contributed by atoms with van der Waals surface area (Å²) in [7, 11) is 0. The first kappa shape index (κ1) is 21.9. The minimum Gasteiger partial charge on any atom is -0.504 e. The normalized spacial score (nSPS) is 18.3. The topological polar surface area (TPSA) is 110 Å². The molecule has 2 N–H and O–H groups in total. The first-order valence-corrected chi connectivity index (χ1v) is 9.43. The lowest BCUT2D eigenvalue weighted by molar-refractivity contribution is -0.384. The number of nitrogens with zero attached hydrogens (tertiary/aromatic N) is 1. The fraction of sp³-hybridized carbons (Fsp3) is 0.0870. The molecule has 0 radical (unpaired) electrons. The Bertz CT molecular complexity index is 1270. The summed E-state index contributed by atoms with van der Waals surface area (Å²) in [4.78, 5) is 22.3. The number of carbonyl (C=O) groups excluding carboxylic acids is 1. The van der Waals surface area contributed by atoms with Gasteiger partial charge in [0.15, 0.2) is 5.76 Å². The molecule has 3 aromatic carbocycles. The van der Waals surface area contributed by atoms with Crippen LogP contribution in [0.15, 0.2) is 84.3 Å². The molecule has 33 heavy (non-hydrogen) atoms. The molecule has 1 heterocycles. The van der Waals surface area contributed by atoms with Gasteiger partial charge in [0.2, 0.25) is 11.4 Å². The lowest BCUT2D eigenvalue weighted by Crippen LogP contribution is -2.31. The number of rotatable bonds is 4. The van der Waals surface area contributed by atoms with Crippen LogP contribution in [0, 0.1) is 10.1 Å². The van der Waals surface area contributed by atoms with Crippen molar-refractivity contribution in [2.75, 3.05) is 0 Å². The van der Waals surface area contributed by atoms with Gasteiger partial charge in [-0.2, -0.15) is 13.2 Å². The average Bonchev–Trinajstić information content (AvgIpc) is 3.03. The van der Waals surface area contributed by atoms with E-state index in [-0.39, 0.29) is 16.8 Å². The second kappa shape index (κ2) is 7.66. The molecule has 0 amide bonds. The molecule has 7 nitrogen and oxygen atoms in total. The number of halogens is 3. The van der Waals surface area contributed by atoms with E-state index in [4.69, 9.17) is 4.74 Å². The van der Waals surface area contributed by atoms with Crippen molar-refractivity contribution in [2.24, 2.45) is 0 Å². The van der Waals surface area contributed by atoms with Crippen molar-refractivity contribution in [2.45, 2.75) is 11.8 Å². The summed E-state index contributed by atoms with van der Waals surface area (Å²) in [5, 5.41) is 31.3. The summed E-state index contributed by atoms with van der Waals surface area (Å²) < 4.78 is 44.2. The van der Waals surface area contributed by atoms with Crippen molar-refractivity contribution in [3.8, 4) is 11.1 Å². The van der Waals surface area contributed by atoms with Crippen molar-refractivity contribution in [1.29, 1.82) is 0 Å². The number of aliphatic hydroxyl groups is 2. The van der Waals surface area contributed by atoms with Crippen LogP contribution in [0.2, 0.25) is 0 Å². The molecule has 1 atom stereocenters. The van der Waals surface area contributed by atoms with E-state index in [1.54, 1.807) is 12.1 Å². The number of carbonyl (C=O) groups is 1. The molecule has 10 heteroatoms. The van der Waals surface area contributed by atoms with E-state index < -0.39 is 39.8 Å². The Hall–Kier alpha value is -4.34. The van der Waals surface area contributed by atoms with E-state index >= 15 is 0 Å². The number of ether oxygens (including phenoxy) is 1. The zero-order valence-corrected chi connectivity index (χ0v) is 16.5. The minimum atomic E-state index is -4.59. The molecule has 4 rings (SSSR count). The van der Waals surface area contributed by atoms with Gasteiger partial charge in [0, 0.05) is 23.3 Å². The summed E-state index contributed by atoms with van der Waals surface area (Å²) >= 11 is 0. The van der Waals surface area contributed by atoms with Crippen molar-refractivity contribution >= 4 is 11.7 Å². The lowest BCUT2D eigenvalue weighted by atomic mass is 9.83. The molecule has 0 saturated carbocycles. The molecule has 0 fully saturated rings. The zero-order chi connectivity index (χ0) is 24.0. The quantitative estimate of drug-likeness (QED) is 0.308. The van der Waals surface area contributed by atoms with Gasteiger partial charge in [-0.1, -0.05) is 36.4 Å². The van der Waals surface area contributed by atoms with Crippen LogP contribution in [-0.4, -0.2) is 21.1 Å². The predicted octanol–water partition coefficient (Wildman–Crippen LogP) is 5.41. The third-order valence-corrected chi connectivity index (χ3v) is 5.32. The van der Waals surface area contributed by atoms with E-state index in [0.717, 1.165) is 24.3 Å². The van der Waals surface area contributed by atoms with Gasteiger partial charge >= 0.3 is 12.1 Å². The third-order valence-electron chi connectivity index (χ3n) is 5.32. The van der Waals surface area contributed by atoms with E-state index in [2.05, 4.69) is 0 Å². The number of cyclic esters (lactones) is 1. The molecule has 0 spiro atoms. The monoisotopic (exact) mass is 457 g/mol. The Balaban J connectivity index is 1.78. The van der Waals surface area contributed by atoms with Crippen LogP contribution >= 0.6 is 0 Å². The van der Waals surface area contributed by atoms with Gasteiger partial charge < -0.3 is 14.9 Å². The fourth-order valence-corrected chi connectivity index (χ4v) is 3.62. The van der Waals surface area contributed by atoms with Crippen molar-refractivity contribution in [3.63, 3.8) is 0 Å². The maximum Gasteiger partial charge on any atom is 0.416 e. The Morgan fingerprint density at radius 3 is 1.67 bits per heavy atom. The molecule has 0 saturated heterocycles. The molecule has 3 aromatic rings. The highest BCUT2D eigenvalue weighted by Gasteiger charge is 2.52. The highest BCUT2D eigenvalue weighted by Crippen LogP contribution is 2.46. The summed E-state index contributed by atoms with van der Waals surface area (Å²) in [6.45, 7) is 0. The van der Waals surface area contributed by atoms with Crippen molar-refractivity contribution < 1.29 is 37.8 Å². The largest absolute Gasteiger partial charge is 0.504 e. The summed E-state index contributed by atoms with van der Waals surface area (Å²) in [5.74, 6) is -3.13. The highest BCUT2D eigenvalue weighted by molar-refractivity contribution is 5.91. The first-order valence-electron chi connectivity index (χ1n) is 9.43. The van der Waals surface area contributed by atoms with E-state index in [0.29, 0.717) is 11.1 Å². The van der Waals surface area contributed by atoms with Crippen molar-refractivity contribution in [3.05, 3.63) is 111 Å². The number of nitro benzene ring substituents is 1. The number of aliphatic hydroxyl groups excluding tert-OH is 2. The Kier molecular flexibility index (Phi) is 5.08. The summed E-state index contributed by atoms with van der Waals surface area (Å²) in [5.41, 5.74) is -1.63. The molecule has 1 aliphatic heterocycles. The number of alkyl halides is 3. The van der Waals surface area contributed by atoms with Crippen molar-refractivity contribution in [1.82, 2.24) is 0 Å². The molecule has 0 aliphatic carbocycles. The second-order valence-corrected chi connectivity index (χ2v) is 7.22. The molecule has 168 valence electrons. The molecule has 0 bridgehead atoms. The molecular formula is C23H14F3NO6. The van der Waals surface area contributed by atoms with Gasteiger partial charge in [0.05, 0.1) is 10.5 Å². The van der Waals surface area contributed by atoms with Gasteiger partial charge in [0.1, 0.15) is 0 Å². The summed E-state index contributed by atoms with van der Waals surface area (Å²) in [6, 6.07) is 15.5. The van der Waals surface area contributed by atoms with Crippen LogP contribution < -0.4 is 0 Å². The van der Waals surface area contributed by atoms with E-state index in [1.165, 1.54) is 36.4 Å². The zero-order valence-electron chi connectivity index (χ0n) is 16.5. The fourth-order valence-electron chi connectivity index (χ4n) is 3.62. The summed E-state index contributed by atoms with van der Waals surface area (Å²) in [6.07, 6.45) is -4.59. The van der Waals surface area contributed by atoms with Crippen LogP contribution in [-0.2, 0) is 21.3 Å². The Labute approximate surface area is 184 Å². The smallest absolute Gasteiger partial charge is 0.416 e. The maximum absolute atomic E-state index is 13.0. The van der Waals surface area contributed by atoms with Gasteiger partial charge in [-0.05, 0) is 35.4 Å². The number of benzene rings is 3. The van der Waals surface area contributed by atoms with Gasteiger partial charge in [-0.25, -0.2) is 4.79 Å². The number of nitro groups is 1. The van der Waals surface area contributed by atoms with Crippen LogP contribution in [0.1, 0.15) is 16.7 Å². The molecule has 0 aromatic heterocycles. The maximum atomic E-state index is 13.0. The van der Waals surface area contributed by atoms with Gasteiger partial charge in [-0.3, -0.25) is 10.1 Å². The van der Waals surface area contributed by atoms with Crippen LogP contribution in [0.25, 0.3) is 11.1 Å². The average molecular weight is 457 g/mol. The minimum absolute atomic E-state index is 0.00603. The molecule has 1 aliphatic rings. The number of non-ortho nitro benzene ring substituents is 1. The van der Waals surface area contributed by atoms with Crippen LogP contribution in [0.3, 0.4) is 0 Å². The van der Waals surface area contributed by atoms with Gasteiger partial charge in [-0.15, -0.1) is 0 Å². The number of esters is 1. The predicted molar refractivity (Wildman–Crippen MR) is 109 cm³/mol. The van der Waals surface area contributed by atoms with E-state index in [1.807, 2.05) is 0 Å². The lowest BCUT2D eigenvalue weighted by Gasteiger charge is -2.29.